The van der Waals surface area contributed by atoms with E-state index in [1.807, 2.05) is 18.2 Å². The minimum Gasteiger partial charge on any atom is -0.0843 e. The lowest BCUT2D eigenvalue weighted by Crippen LogP contribution is -1.97. The van der Waals surface area contributed by atoms with Crippen molar-refractivity contribution in [2.24, 2.45) is 0 Å². The van der Waals surface area contributed by atoms with Gasteiger partial charge in [0.15, 0.2) is 0 Å². The molecule has 2 aromatic rings. The third-order valence-electron chi connectivity index (χ3n) is 3.44. The van der Waals surface area contributed by atoms with Gasteiger partial charge < -0.3 is 0 Å². The highest BCUT2D eigenvalue weighted by Gasteiger charge is 2.11. The van der Waals surface area contributed by atoms with Gasteiger partial charge in [-0.25, -0.2) is 0 Å². The van der Waals surface area contributed by atoms with Gasteiger partial charge >= 0.3 is 0 Å². The second kappa shape index (κ2) is 5.46. The molecule has 94 valence electrons. The monoisotopic (exact) mass is 266 g/mol. The van der Waals surface area contributed by atoms with Crippen molar-refractivity contribution in [2.75, 3.05) is 0 Å². The van der Waals surface area contributed by atoms with Gasteiger partial charge in [-0.05, 0) is 35.3 Å². The van der Waals surface area contributed by atoms with E-state index in [1.54, 1.807) is 0 Å². The predicted octanol–water partition coefficient (Wildman–Crippen LogP) is 5.47. The summed E-state index contributed by atoms with van der Waals surface area (Å²) in [4.78, 5) is 0. The molecule has 0 fully saturated rings. The van der Waals surface area contributed by atoms with E-state index in [9.17, 15) is 0 Å². The molecule has 0 heterocycles. The van der Waals surface area contributed by atoms with Crippen LogP contribution in [0.25, 0.3) is 5.57 Å². The summed E-state index contributed by atoms with van der Waals surface area (Å²) in [5.41, 5.74) is 3.90. The topological polar surface area (TPSA) is 0 Å². The van der Waals surface area contributed by atoms with Crippen LogP contribution in [0.5, 0.6) is 0 Å². The lowest BCUT2D eigenvalue weighted by Gasteiger charge is -2.17. The van der Waals surface area contributed by atoms with Crippen LogP contribution in [0.4, 0.5) is 0 Å². The van der Waals surface area contributed by atoms with Gasteiger partial charge in [0, 0.05) is 10.9 Å². The van der Waals surface area contributed by atoms with Crippen molar-refractivity contribution in [2.45, 2.75) is 12.3 Å². The fraction of sp³-hybridized carbons (Fsp3) is 0.111. The third-order valence-corrected chi connectivity index (χ3v) is 3.68. The summed E-state index contributed by atoms with van der Waals surface area (Å²) in [6, 6.07) is 18.7. The first kappa shape index (κ1) is 12.3. The molecule has 0 saturated heterocycles. The Morgan fingerprint density at radius 3 is 2.58 bits per heavy atom. The zero-order valence-corrected chi connectivity index (χ0v) is 11.3. The van der Waals surface area contributed by atoms with Gasteiger partial charge in [-0.3, -0.25) is 0 Å². The van der Waals surface area contributed by atoms with Crippen molar-refractivity contribution < 1.29 is 0 Å². The largest absolute Gasteiger partial charge is 0.0843 e. The van der Waals surface area contributed by atoms with Crippen LogP contribution in [0, 0.1) is 0 Å². The van der Waals surface area contributed by atoms with Gasteiger partial charge in [0.05, 0.1) is 0 Å². The molecule has 0 nitrogen and oxygen atoms in total. The van der Waals surface area contributed by atoms with Crippen LogP contribution in [0.15, 0.2) is 72.8 Å². The molecule has 0 N–H and O–H groups in total. The summed E-state index contributed by atoms with van der Waals surface area (Å²) >= 11 is 6.07. The molecule has 1 aliphatic rings. The molecule has 0 radical (unpaired) electrons. The van der Waals surface area contributed by atoms with E-state index >= 15 is 0 Å². The highest BCUT2D eigenvalue weighted by molar-refractivity contribution is 6.30. The van der Waals surface area contributed by atoms with E-state index in [0.29, 0.717) is 5.92 Å². The predicted molar refractivity (Wildman–Crippen MR) is 82.4 cm³/mol. The number of rotatable bonds is 2. The van der Waals surface area contributed by atoms with Gasteiger partial charge in [-0.1, -0.05) is 72.3 Å². The standard InChI is InChI=1S/C18H15Cl/c19-18-11-5-10-17(13-18)16-9-4-8-15(12-16)14-6-2-1-3-7-14/h1-8,10-13,15H,9H2. The molecule has 0 aromatic heterocycles. The number of hydrogen-bond acceptors (Lipinski definition) is 0. The fourth-order valence-corrected chi connectivity index (χ4v) is 2.66. The van der Waals surface area contributed by atoms with Crippen molar-refractivity contribution in [3.8, 4) is 0 Å². The number of halogens is 1. The average Bonchev–Trinajstić information content (AvgIpc) is 2.48. The normalized spacial score (nSPS) is 18.2. The second-order valence-electron chi connectivity index (χ2n) is 4.77. The van der Waals surface area contributed by atoms with E-state index in [1.165, 1.54) is 16.7 Å². The molecule has 3 rings (SSSR count). The van der Waals surface area contributed by atoms with Crippen molar-refractivity contribution in [1.82, 2.24) is 0 Å². The molecule has 0 spiro atoms. The molecule has 1 heteroatoms. The Bertz CT molecular complexity index is 623. The van der Waals surface area contributed by atoms with Crippen LogP contribution >= 0.6 is 11.6 Å². The number of hydrogen-bond donors (Lipinski definition) is 0. The first-order valence-electron chi connectivity index (χ1n) is 6.51. The lowest BCUT2D eigenvalue weighted by atomic mass is 9.88. The number of benzene rings is 2. The van der Waals surface area contributed by atoms with Crippen LogP contribution in [-0.2, 0) is 0 Å². The summed E-state index contributed by atoms with van der Waals surface area (Å²) in [7, 11) is 0. The van der Waals surface area contributed by atoms with E-state index in [2.05, 4.69) is 54.6 Å². The van der Waals surface area contributed by atoms with Crippen molar-refractivity contribution in [3.63, 3.8) is 0 Å². The zero-order chi connectivity index (χ0) is 13.1. The van der Waals surface area contributed by atoms with E-state index in [0.717, 1.165) is 11.4 Å². The highest BCUT2D eigenvalue weighted by Crippen LogP contribution is 2.31. The Balaban J connectivity index is 1.94. The molecular weight excluding hydrogens is 252 g/mol. The van der Waals surface area contributed by atoms with Gasteiger partial charge in [-0.2, -0.15) is 0 Å². The minimum atomic E-state index is 0.365. The Labute approximate surface area is 119 Å². The second-order valence-corrected chi connectivity index (χ2v) is 5.21. The van der Waals surface area contributed by atoms with Crippen LogP contribution in [0.3, 0.4) is 0 Å². The maximum absolute atomic E-state index is 6.07. The molecular formula is C18H15Cl. The van der Waals surface area contributed by atoms with Crippen molar-refractivity contribution in [1.29, 1.82) is 0 Å². The molecule has 0 bridgehead atoms. The molecule has 1 unspecified atom stereocenters. The maximum atomic E-state index is 6.07. The molecule has 1 aliphatic carbocycles. The van der Waals surface area contributed by atoms with Gasteiger partial charge in [0.25, 0.3) is 0 Å². The molecule has 0 amide bonds. The summed E-state index contributed by atoms with van der Waals surface area (Å²) in [5, 5.41) is 0.796. The van der Waals surface area contributed by atoms with Gasteiger partial charge in [-0.15, -0.1) is 0 Å². The lowest BCUT2D eigenvalue weighted by molar-refractivity contribution is 1.05. The van der Waals surface area contributed by atoms with Crippen LogP contribution in [0.1, 0.15) is 23.5 Å². The molecule has 0 saturated carbocycles. The third kappa shape index (κ3) is 2.80. The Hall–Kier alpha value is -1.79. The van der Waals surface area contributed by atoms with Crippen molar-refractivity contribution >= 4 is 17.2 Å². The van der Waals surface area contributed by atoms with Gasteiger partial charge in [0.1, 0.15) is 0 Å². The maximum Gasteiger partial charge on any atom is 0.0412 e. The summed E-state index contributed by atoms with van der Waals surface area (Å²) in [5.74, 6) is 0.365. The van der Waals surface area contributed by atoms with Crippen molar-refractivity contribution in [3.05, 3.63) is 89.0 Å². The number of allylic oxidation sites excluding steroid dienone is 4. The van der Waals surface area contributed by atoms with Crippen LogP contribution < -0.4 is 0 Å². The molecule has 0 aliphatic heterocycles. The smallest absolute Gasteiger partial charge is 0.0412 e. The summed E-state index contributed by atoms with van der Waals surface area (Å²) in [6.07, 6.45) is 7.82. The average molecular weight is 267 g/mol. The van der Waals surface area contributed by atoms with Crippen LogP contribution in [-0.4, -0.2) is 0 Å². The Morgan fingerprint density at radius 1 is 0.947 bits per heavy atom. The summed E-state index contributed by atoms with van der Waals surface area (Å²) in [6.45, 7) is 0. The Morgan fingerprint density at radius 2 is 1.79 bits per heavy atom. The van der Waals surface area contributed by atoms with Crippen LogP contribution in [0.2, 0.25) is 5.02 Å². The van der Waals surface area contributed by atoms with Gasteiger partial charge in [0.2, 0.25) is 0 Å². The quantitative estimate of drug-likeness (QED) is 0.633. The first-order chi connectivity index (χ1) is 9.33. The zero-order valence-electron chi connectivity index (χ0n) is 10.6. The first-order valence-corrected chi connectivity index (χ1v) is 6.89. The summed E-state index contributed by atoms with van der Waals surface area (Å²) < 4.78 is 0. The van der Waals surface area contributed by atoms with E-state index in [4.69, 9.17) is 11.6 Å². The van der Waals surface area contributed by atoms with E-state index in [-0.39, 0.29) is 0 Å². The highest BCUT2D eigenvalue weighted by atomic mass is 35.5. The fourth-order valence-electron chi connectivity index (χ4n) is 2.47. The minimum absolute atomic E-state index is 0.365. The molecule has 1 atom stereocenters. The molecule has 2 aromatic carbocycles. The SMILES string of the molecule is Clc1cccc(C2=CC(c3ccccc3)C=CC2)c1. The molecule has 19 heavy (non-hydrogen) atoms. The Kier molecular flexibility index (Phi) is 3.52. The van der Waals surface area contributed by atoms with E-state index < -0.39 is 0 Å².